The third kappa shape index (κ3) is 7.16. The number of hydrogen-bond acceptors (Lipinski definition) is 6. The minimum atomic E-state index is -4.54. The highest BCUT2D eigenvalue weighted by atomic mass is 19.4. The summed E-state index contributed by atoms with van der Waals surface area (Å²) in [5.41, 5.74) is -0.558. The highest BCUT2D eigenvalue weighted by Gasteiger charge is 2.32. The Balaban J connectivity index is 1.20. The van der Waals surface area contributed by atoms with Crippen molar-refractivity contribution in [2.45, 2.75) is 12.4 Å². The van der Waals surface area contributed by atoms with Crippen LogP contribution in [0.2, 0.25) is 0 Å². The van der Waals surface area contributed by atoms with Crippen molar-refractivity contribution >= 4 is 33.9 Å². The summed E-state index contributed by atoms with van der Waals surface area (Å²) in [5.74, 6) is -1.49. The fourth-order valence-electron chi connectivity index (χ4n) is 4.83. The second-order valence-electron chi connectivity index (χ2n) is 9.92. The number of carbonyl (C=O) groups is 1. The fraction of sp³-hybridized carbons (Fsp3) is 0.267. The molecule has 3 aromatic carbocycles. The van der Waals surface area contributed by atoms with Gasteiger partial charge < -0.3 is 15.0 Å². The van der Waals surface area contributed by atoms with Gasteiger partial charge in [0, 0.05) is 55.7 Å². The van der Waals surface area contributed by atoms with Gasteiger partial charge in [0.2, 0.25) is 0 Å². The van der Waals surface area contributed by atoms with E-state index in [9.17, 15) is 35.5 Å². The van der Waals surface area contributed by atoms with Gasteiger partial charge in [0.1, 0.15) is 12.4 Å². The molecule has 0 spiro atoms. The van der Waals surface area contributed by atoms with E-state index in [0.29, 0.717) is 49.5 Å². The lowest BCUT2D eigenvalue weighted by Gasteiger charge is -2.36. The Hall–Kier alpha value is -4.39. The zero-order valence-corrected chi connectivity index (χ0v) is 22.5. The molecule has 5 rings (SSSR count). The summed E-state index contributed by atoms with van der Waals surface area (Å²) in [6.45, 7) is 2.38. The second kappa shape index (κ2) is 12.1. The van der Waals surface area contributed by atoms with Gasteiger partial charge in [-0.2, -0.15) is 26.3 Å². The smallest absolute Gasteiger partial charge is 0.416 e. The number of alkyl halides is 6. The Kier molecular flexibility index (Phi) is 8.45. The van der Waals surface area contributed by atoms with E-state index in [1.165, 1.54) is 30.5 Å². The van der Waals surface area contributed by atoms with Crippen molar-refractivity contribution in [2.75, 3.05) is 49.5 Å². The van der Waals surface area contributed by atoms with Gasteiger partial charge in [-0.3, -0.25) is 9.88 Å². The first kappa shape index (κ1) is 30.1. The standard InChI is InChI=1S/C30H25F7N4O2/c31-21-5-7-25(39-26-8-9-38-27-17-20(30(35,36)37)4-6-23(26)27)24(18-21)28(42)43-15-14-40-10-12-41(13-11-40)22-3-1-2-19(16-22)29(32,33)34/h1-9,16-18H,10-15H2,(H,38,39). The highest BCUT2D eigenvalue weighted by molar-refractivity contribution is 5.99. The Morgan fingerprint density at radius 2 is 1.56 bits per heavy atom. The van der Waals surface area contributed by atoms with E-state index in [-0.39, 0.29) is 23.4 Å². The number of nitrogens with zero attached hydrogens (tertiary/aromatic N) is 3. The Labute approximate surface area is 241 Å². The maximum Gasteiger partial charge on any atom is 0.416 e. The number of halogens is 7. The van der Waals surface area contributed by atoms with Crippen molar-refractivity contribution in [1.29, 1.82) is 0 Å². The predicted octanol–water partition coefficient (Wildman–Crippen LogP) is 7.13. The Bertz CT molecular complexity index is 1620. The second-order valence-corrected chi connectivity index (χ2v) is 9.92. The van der Waals surface area contributed by atoms with Crippen LogP contribution in [0.4, 0.5) is 47.8 Å². The maximum absolute atomic E-state index is 14.1. The van der Waals surface area contributed by atoms with E-state index in [1.807, 2.05) is 9.80 Å². The van der Waals surface area contributed by atoms with Crippen LogP contribution in [-0.4, -0.2) is 55.2 Å². The maximum atomic E-state index is 14.1. The molecule has 6 nitrogen and oxygen atoms in total. The van der Waals surface area contributed by atoms with Gasteiger partial charge in [-0.25, -0.2) is 9.18 Å². The zero-order valence-electron chi connectivity index (χ0n) is 22.5. The molecule has 1 aromatic heterocycles. The van der Waals surface area contributed by atoms with Crippen LogP contribution in [0.15, 0.2) is 72.9 Å². The molecular formula is C30H25F7N4O2. The SMILES string of the molecule is O=C(OCCN1CCN(c2cccc(C(F)(F)F)c2)CC1)c1cc(F)ccc1Nc1ccnc2cc(C(F)(F)F)ccc12. The fourth-order valence-corrected chi connectivity index (χ4v) is 4.83. The normalized spacial score (nSPS) is 14.6. The van der Waals surface area contributed by atoms with Crippen LogP contribution in [0.5, 0.6) is 0 Å². The molecule has 1 fully saturated rings. The first-order valence-corrected chi connectivity index (χ1v) is 13.2. The van der Waals surface area contributed by atoms with E-state index in [4.69, 9.17) is 4.74 Å². The highest BCUT2D eigenvalue weighted by Crippen LogP contribution is 2.34. The van der Waals surface area contributed by atoms with Gasteiger partial charge in [-0.05, 0) is 54.6 Å². The third-order valence-electron chi connectivity index (χ3n) is 7.09. The van der Waals surface area contributed by atoms with Crippen molar-refractivity contribution in [3.8, 4) is 0 Å². The number of rotatable bonds is 7. The molecule has 226 valence electrons. The number of fused-ring (bicyclic) bond motifs is 1. The van der Waals surface area contributed by atoms with Crippen molar-refractivity contribution in [1.82, 2.24) is 9.88 Å². The number of ether oxygens (including phenoxy) is 1. The average Bonchev–Trinajstić information content (AvgIpc) is 2.97. The van der Waals surface area contributed by atoms with Crippen LogP contribution >= 0.6 is 0 Å². The van der Waals surface area contributed by atoms with Crippen molar-refractivity contribution in [2.24, 2.45) is 0 Å². The molecule has 0 unspecified atom stereocenters. The first-order chi connectivity index (χ1) is 20.4. The number of hydrogen-bond donors (Lipinski definition) is 1. The summed E-state index contributed by atoms with van der Waals surface area (Å²) in [4.78, 5) is 20.8. The molecule has 0 radical (unpaired) electrons. The van der Waals surface area contributed by atoms with Gasteiger partial charge in [-0.15, -0.1) is 0 Å². The molecule has 1 aliphatic heterocycles. The number of aromatic nitrogens is 1. The zero-order chi connectivity index (χ0) is 30.8. The van der Waals surface area contributed by atoms with Crippen LogP contribution in [0, 0.1) is 5.82 Å². The number of anilines is 3. The molecule has 0 saturated carbocycles. The van der Waals surface area contributed by atoms with Crippen molar-refractivity contribution in [3.63, 3.8) is 0 Å². The number of piperazine rings is 1. The summed E-state index contributed by atoms with van der Waals surface area (Å²) in [5, 5.41) is 3.34. The minimum absolute atomic E-state index is 0.0171. The number of nitrogens with one attached hydrogen (secondary N) is 1. The molecule has 2 heterocycles. The molecule has 0 bridgehead atoms. The molecule has 13 heteroatoms. The van der Waals surface area contributed by atoms with Crippen molar-refractivity contribution in [3.05, 3.63) is 95.4 Å². The molecule has 1 N–H and O–H groups in total. The number of carbonyl (C=O) groups excluding carboxylic acids is 1. The third-order valence-corrected chi connectivity index (χ3v) is 7.09. The summed E-state index contributed by atoms with van der Waals surface area (Å²) in [6.07, 6.45) is -7.64. The van der Waals surface area contributed by atoms with E-state index in [2.05, 4.69) is 10.3 Å². The van der Waals surface area contributed by atoms with Crippen LogP contribution in [0.25, 0.3) is 10.9 Å². The molecule has 1 aliphatic rings. The molecule has 0 aliphatic carbocycles. The lowest BCUT2D eigenvalue weighted by Crippen LogP contribution is -2.47. The van der Waals surface area contributed by atoms with Gasteiger partial charge in [0.05, 0.1) is 27.9 Å². The van der Waals surface area contributed by atoms with Crippen LogP contribution in [-0.2, 0) is 17.1 Å². The molecule has 1 saturated heterocycles. The van der Waals surface area contributed by atoms with E-state index in [0.717, 1.165) is 36.4 Å². The summed E-state index contributed by atoms with van der Waals surface area (Å²) < 4.78 is 98.1. The van der Waals surface area contributed by atoms with Crippen LogP contribution < -0.4 is 10.2 Å². The lowest BCUT2D eigenvalue weighted by atomic mass is 10.1. The summed E-state index contributed by atoms with van der Waals surface area (Å²) in [6, 6.07) is 13.2. The number of pyridine rings is 1. The average molecular weight is 607 g/mol. The number of benzene rings is 3. The largest absolute Gasteiger partial charge is 0.461 e. The topological polar surface area (TPSA) is 57.7 Å². The molecular weight excluding hydrogens is 581 g/mol. The lowest BCUT2D eigenvalue weighted by molar-refractivity contribution is -0.138. The predicted molar refractivity (Wildman–Crippen MR) is 147 cm³/mol. The van der Waals surface area contributed by atoms with Gasteiger partial charge in [-0.1, -0.05) is 12.1 Å². The van der Waals surface area contributed by atoms with Crippen molar-refractivity contribution < 1.29 is 40.3 Å². The Morgan fingerprint density at radius 1 is 0.837 bits per heavy atom. The molecule has 0 amide bonds. The Morgan fingerprint density at radius 3 is 2.28 bits per heavy atom. The monoisotopic (exact) mass is 606 g/mol. The van der Waals surface area contributed by atoms with Crippen LogP contribution in [0.3, 0.4) is 0 Å². The molecule has 0 atom stereocenters. The summed E-state index contributed by atoms with van der Waals surface area (Å²) in [7, 11) is 0. The van der Waals surface area contributed by atoms with Crippen LogP contribution in [0.1, 0.15) is 21.5 Å². The molecule has 4 aromatic rings. The van der Waals surface area contributed by atoms with E-state index in [1.54, 1.807) is 6.07 Å². The van der Waals surface area contributed by atoms with E-state index >= 15 is 0 Å². The quantitative estimate of drug-likeness (QED) is 0.178. The summed E-state index contributed by atoms with van der Waals surface area (Å²) >= 11 is 0. The van der Waals surface area contributed by atoms with Gasteiger partial charge >= 0.3 is 18.3 Å². The number of esters is 1. The van der Waals surface area contributed by atoms with E-state index < -0.39 is 35.3 Å². The molecule has 43 heavy (non-hydrogen) atoms. The van der Waals surface area contributed by atoms with Gasteiger partial charge in [0.25, 0.3) is 0 Å². The van der Waals surface area contributed by atoms with Gasteiger partial charge in [0.15, 0.2) is 0 Å². The first-order valence-electron chi connectivity index (χ1n) is 13.2. The minimum Gasteiger partial charge on any atom is -0.461 e.